The number of Topliss-reactive ketones (excluding diaryl/α,β-unsaturated/α-hetero) is 1. The third-order valence-electron chi connectivity index (χ3n) is 4.08. The van der Waals surface area contributed by atoms with Crippen LogP contribution in [-0.2, 0) is 4.79 Å². The van der Waals surface area contributed by atoms with Crippen LogP contribution in [0.3, 0.4) is 0 Å². The Labute approximate surface area is 135 Å². The number of ketones is 1. The van der Waals surface area contributed by atoms with Gasteiger partial charge in [-0.25, -0.2) is 0 Å². The highest BCUT2D eigenvalue weighted by Gasteiger charge is 2.39. The van der Waals surface area contributed by atoms with Crippen LogP contribution in [-0.4, -0.2) is 29.6 Å². The first-order chi connectivity index (χ1) is 9.91. The second-order valence-corrected chi connectivity index (χ2v) is 7.27. The van der Waals surface area contributed by atoms with E-state index in [0.29, 0.717) is 6.54 Å². The van der Waals surface area contributed by atoms with Crippen molar-refractivity contribution in [2.75, 3.05) is 13.1 Å². The van der Waals surface area contributed by atoms with Crippen LogP contribution in [0.2, 0.25) is 0 Å². The van der Waals surface area contributed by atoms with Crippen LogP contribution in [0.25, 0.3) is 0 Å². The zero-order valence-corrected chi connectivity index (χ0v) is 14.3. The van der Waals surface area contributed by atoms with Crippen LogP contribution in [0.15, 0.2) is 28.7 Å². The Bertz CT molecular complexity index is 480. The molecule has 21 heavy (non-hydrogen) atoms. The van der Waals surface area contributed by atoms with E-state index in [2.05, 4.69) is 21.2 Å². The van der Waals surface area contributed by atoms with E-state index in [4.69, 9.17) is 0 Å². The minimum Gasteiger partial charge on any atom is -0.389 e. The summed E-state index contributed by atoms with van der Waals surface area (Å²) in [7, 11) is 0. The van der Waals surface area contributed by atoms with Crippen molar-refractivity contribution in [1.29, 1.82) is 0 Å². The standard InChI is InChI=1S/C17H24BrNO2/c1-12(2)16(20)15(13-3-5-14(18)6-4-13)7-10-19-11-17(21)8-9-17/h3-6,12,15,19,21H,7-11H2,1-2H3/t15-/m1/s1. The summed E-state index contributed by atoms with van der Waals surface area (Å²) in [5.74, 6) is 0.245. The molecule has 1 aliphatic carbocycles. The zero-order chi connectivity index (χ0) is 15.5. The van der Waals surface area contributed by atoms with Crippen molar-refractivity contribution >= 4 is 21.7 Å². The first-order valence-electron chi connectivity index (χ1n) is 7.63. The molecule has 0 aliphatic heterocycles. The Morgan fingerprint density at radius 1 is 1.33 bits per heavy atom. The number of hydrogen-bond donors (Lipinski definition) is 2. The maximum absolute atomic E-state index is 12.4. The van der Waals surface area contributed by atoms with Crippen molar-refractivity contribution in [3.8, 4) is 0 Å². The molecule has 1 aromatic rings. The van der Waals surface area contributed by atoms with Crippen molar-refractivity contribution in [3.05, 3.63) is 34.3 Å². The summed E-state index contributed by atoms with van der Waals surface area (Å²) in [6, 6.07) is 8.00. The molecular formula is C17H24BrNO2. The van der Waals surface area contributed by atoms with Gasteiger partial charge in [-0.1, -0.05) is 41.9 Å². The molecular weight excluding hydrogens is 330 g/mol. The minimum absolute atomic E-state index is 0.0336. The summed E-state index contributed by atoms with van der Waals surface area (Å²) >= 11 is 3.43. The van der Waals surface area contributed by atoms with E-state index in [0.717, 1.165) is 35.8 Å². The molecule has 0 unspecified atom stereocenters. The number of nitrogens with one attached hydrogen (secondary N) is 1. The molecule has 4 heteroatoms. The van der Waals surface area contributed by atoms with Crippen LogP contribution in [0.4, 0.5) is 0 Å². The van der Waals surface area contributed by atoms with E-state index >= 15 is 0 Å². The predicted octanol–water partition coefficient (Wildman–Crippen LogP) is 3.26. The van der Waals surface area contributed by atoms with Gasteiger partial charge in [-0.15, -0.1) is 0 Å². The number of hydrogen-bond acceptors (Lipinski definition) is 3. The Morgan fingerprint density at radius 3 is 2.48 bits per heavy atom. The second kappa shape index (κ2) is 7.03. The minimum atomic E-state index is -0.477. The van der Waals surface area contributed by atoms with Crippen LogP contribution in [0.1, 0.15) is 44.6 Å². The summed E-state index contributed by atoms with van der Waals surface area (Å²) in [4.78, 5) is 12.4. The van der Waals surface area contributed by atoms with Crippen molar-refractivity contribution in [3.63, 3.8) is 0 Å². The third-order valence-corrected chi connectivity index (χ3v) is 4.60. The van der Waals surface area contributed by atoms with E-state index in [9.17, 15) is 9.90 Å². The van der Waals surface area contributed by atoms with E-state index in [1.165, 1.54) is 0 Å². The van der Waals surface area contributed by atoms with Crippen molar-refractivity contribution in [2.45, 2.75) is 44.6 Å². The topological polar surface area (TPSA) is 49.3 Å². The molecule has 1 fully saturated rings. The van der Waals surface area contributed by atoms with Crippen LogP contribution >= 0.6 is 15.9 Å². The number of halogens is 1. The summed E-state index contributed by atoms with van der Waals surface area (Å²) in [6.45, 7) is 5.29. The Hall–Kier alpha value is -0.710. The van der Waals surface area contributed by atoms with E-state index < -0.39 is 5.60 Å². The largest absolute Gasteiger partial charge is 0.389 e. The Balaban J connectivity index is 1.95. The van der Waals surface area contributed by atoms with Gasteiger partial charge in [0.1, 0.15) is 5.78 Å². The van der Waals surface area contributed by atoms with Gasteiger partial charge in [0.2, 0.25) is 0 Å². The summed E-state index contributed by atoms with van der Waals surface area (Å²) < 4.78 is 1.02. The number of benzene rings is 1. The number of carbonyl (C=O) groups excluding carboxylic acids is 1. The lowest BCUT2D eigenvalue weighted by Gasteiger charge is -2.19. The van der Waals surface area contributed by atoms with E-state index in [1.54, 1.807) is 0 Å². The number of carbonyl (C=O) groups is 1. The molecule has 0 radical (unpaired) electrons. The second-order valence-electron chi connectivity index (χ2n) is 6.35. The molecule has 1 aromatic carbocycles. The molecule has 1 atom stereocenters. The molecule has 1 saturated carbocycles. The lowest BCUT2D eigenvalue weighted by atomic mass is 9.86. The molecule has 0 spiro atoms. The Morgan fingerprint density at radius 2 is 1.95 bits per heavy atom. The zero-order valence-electron chi connectivity index (χ0n) is 12.7. The average Bonchev–Trinajstić information content (AvgIpc) is 3.18. The highest BCUT2D eigenvalue weighted by Crippen LogP contribution is 2.34. The molecule has 2 N–H and O–H groups in total. The van der Waals surface area contributed by atoms with Gasteiger partial charge in [0.15, 0.2) is 0 Å². The molecule has 3 nitrogen and oxygen atoms in total. The molecule has 0 heterocycles. The third kappa shape index (κ3) is 4.90. The highest BCUT2D eigenvalue weighted by molar-refractivity contribution is 9.10. The van der Waals surface area contributed by atoms with Gasteiger partial charge in [-0.05, 0) is 43.5 Å². The maximum Gasteiger partial charge on any atom is 0.142 e. The first kappa shape index (κ1) is 16.7. The molecule has 1 aliphatic rings. The SMILES string of the molecule is CC(C)C(=O)[C@H](CCNCC1(O)CC1)c1ccc(Br)cc1. The van der Waals surface area contributed by atoms with E-state index in [-0.39, 0.29) is 17.6 Å². The molecule has 0 saturated heterocycles. The van der Waals surface area contributed by atoms with Crippen molar-refractivity contribution in [2.24, 2.45) is 5.92 Å². The quantitative estimate of drug-likeness (QED) is 0.705. The van der Waals surface area contributed by atoms with Gasteiger partial charge in [0, 0.05) is 22.9 Å². The van der Waals surface area contributed by atoms with Crippen molar-refractivity contribution < 1.29 is 9.90 Å². The lowest BCUT2D eigenvalue weighted by Crippen LogP contribution is -2.31. The maximum atomic E-state index is 12.4. The van der Waals surface area contributed by atoms with Crippen LogP contribution in [0, 0.1) is 5.92 Å². The summed E-state index contributed by atoms with van der Waals surface area (Å²) in [5.41, 5.74) is 0.596. The van der Waals surface area contributed by atoms with Crippen molar-refractivity contribution in [1.82, 2.24) is 5.32 Å². The van der Waals surface area contributed by atoms with Crippen LogP contribution in [0.5, 0.6) is 0 Å². The van der Waals surface area contributed by atoms with Gasteiger partial charge in [0.25, 0.3) is 0 Å². The highest BCUT2D eigenvalue weighted by atomic mass is 79.9. The van der Waals surface area contributed by atoms with Gasteiger partial charge < -0.3 is 10.4 Å². The van der Waals surface area contributed by atoms with Gasteiger partial charge in [0.05, 0.1) is 5.60 Å². The summed E-state index contributed by atoms with van der Waals surface area (Å²) in [5, 5.41) is 13.1. The molecule has 0 amide bonds. The van der Waals surface area contributed by atoms with Gasteiger partial charge >= 0.3 is 0 Å². The predicted molar refractivity (Wildman–Crippen MR) is 88.4 cm³/mol. The lowest BCUT2D eigenvalue weighted by molar-refractivity contribution is -0.123. The fraction of sp³-hybridized carbons (Fsp3) is 0.588. The molecule has 0 bridgehead atoms. The molecule has 0 aromatic heterocycles. The number of aliphatic hydroxyl groups is 1. The monoisotopic (exact) mass is 353 g/mol. The normalized spacial score (nSPS) is 17.8. The fourth-order valence-corrected chi connectivity index (χ4v) is 2.72. The smallest absolute Gasteiger partial charge is 0.142 e. The average molecular weight is 354 g/mol. The Kier molecular flexibility index (Phi) is 5.58. The van der Waals surface area contributed by atoms with E-state index in [1.807, 2.05) is 38.1 Å². The first-order valence-corrected chi connectivity index (χ1v) is 8.43. The van der Waals surface area contributed by atoms with Crippen LogP contribution < -0.4 is 5.32 Å². The fourth-order valence-electron chi connectivity index (χ4n) is 2.46. The molecule has 2 rings (SSSR count). The van der Waals surface area contributed by atoms with Gasteiger partial charge in [-0.2, -0.15) is 0 Å². The number of rotatable bonds is 8. The molecule has 116 valence electrons. The summed E-state index contributed by atoms with van der Waals surface area (Å²) in [6.07, 6.45) is 2.55. The van der Waals surface area contributed by atoms with Gasteiger partial charge in [-0.3, -0.25) is 4.79 Å².